The van der Waals surface area contributed by atoms with Gasteiger partial charge >= 0.3 is 0 Å². The molecule has 5 nitrogen and oxygen atoms in total. The van der Waals surface area contributed by atoms with E-state index in [1.54, 1.807) is 6.20 Å². The van der Waals surface area contributed by atoms with E-state index in [9.17, 15) is 4.79 Å². The number of fused-ring (bicyclic) bond motifs is 3. The number of aromatic nitrogens is 3. The molecule has 0 N–H and O–H groups in total. The van der Waals surface area contributed by atoms with Crippen LogP contribution in [0.5, 0.6) is 0 Å². The maximum Gasteiger partial charge on any atom is 0.255 e. The summed E-state index contributed by atoms with van der Waals surface area (Å²) >= 11 is 0. The Hall–Kier alpha value is -3.47. The van der Waals surface area contributed by atoms with Gasteiger partial charge in [-0.3, -0.25) is 9.78 Å². The molecule has 2 saturated carbocycles. The fourth-order valence-corrected chi connectivity index (χ4v) is 9.16. The van der Waals surface area contributed by atoms with E-state index < -0.39 is 0 Å². The molecule has 2 aromatic carbocycles. The van der Waals surface area contributed by atoms with Gasteiger partial charge in [0.2, 0.25) is 0 Å². The van der Waals surface area contributed by atoms with Gasteiger partial charge in [-0.1, -0.05) is 42.5 Å². The van der Waals surface area contributed by atoms with Crippen LogP contribution in [-0.2, 0) is 5.41 Å². The van der Waals surface area contributed by atoms with Crippen molar-refractivity contribution in [1.29, 1.82) is 0 Å². The highest BCUT2D eigenvalue weighted by molar-refractivity contribution is 5.96. The topological polar surface area (TPSA) is 51.0 Å². The lowest BCUT2D eigenvalue weighted by molar-refractivity contribution is 0.0639. The molecule has 2 bridgehead atoms. The Labute approximate surface area is 250 Å². The Morgan fingerprint density at radius 3 is 2.31 bits per heavy atom. The molecule has 3 fully saturated rings. The zero-order valence-electron chi connectivity index (χ0n) is 25.4. The first kappa shape index (κ1) is 27.4. The molecule has 2 aliphatic carbocycles. The van der Waals surface area contributed by atoms with Crippen molar-refractivity contribution < 1.29 is 4.79 Å². The van der Waals surface area contributed by atoms with Crippen LogP contribution in [0.15, 0.2) is 66.9 Å². The number of aryl methyl sites for hydroxylation is 3. The fourth-order valence-electron chi connectivity index (χ4n) is 9.16. The molecule has 7 rings (SSSR count). The molecule has 4 aromatic rings. The van der Waals surface area contributed by atoms with Crippen molar-refractivity contribution in [2.24, 2.45) is 17.8 Å². The number of rotatable bonds is 6. The second-order valence-corrected chi connectivity index (χ2v) is 13.5. The fraction of sp³-hybridized carbons (Fsp3) is 0.486. The second kappa shape index (κ2) is 11.0. The summed E-state index contributed by atoms with van der Waals surface area (Å²) in [4.78, 5) is 25.0. The van der Waals surface area contributed by atoms with Crippen molar-refractivity contribution in [3.05, 3.63) is 95.1 Å². The Morgan fingerprint density at radius 2 is 1.60 bits per heavy atom. The predicted molar refractivity (Wildman–Crippen MR) is 169 cm³/mol. The SMILES string of the molecule is Cc1ccnc(C)c1C(=O)N1CCC(CCC2C3CCC2CC(n2c(C)nc4ccccc42)C3)(c2ccccc2)CC1. The van der Waals surface area contributed by atoms with E-state index in [2.05, 4.69) is 76.0 Å². The number of para-hydroxylation sites is 2. The third-order valence-electron chi connectivity index (χ3n) is 11.3. The van der Waals surface area contributed by atoms with E-state index in [1.165, 1.54) is 55.4 Å². The highest BCUT2D eigenvalue weighted by Crippen LogP contribution is 2.54. The molecule has 1 amide bonds. The molecule has 2 unspecified atom stereocenters. The Bertz CT molecular complexity index is 1550. The van der Waals surface area contributed by atoms with Crippen LogP contribution in [0, 0.1) is 38.5 Å². The Kier molecular flexibility index (Phi) is 7.16. The average Bonchev–Trinajstić information content (AvgIpc) is 3.47. The van der Waals surface area contributed by atoms with Crippen molar-refractivity contribution in [2.45, 2.75) is 83.6 Å². The van der Waals surface area contributed by atoms with Crippen LogP contribution in [0.3, 0.4) is 0 Å². The van der Waals surface area contributed by atoms with Gasteiger partial charge in [0.05, 0.1) is 22.3 Å². The van der Waals surface area contributed by atoms with Crippen LogP contribution in [0.25, 0.3) is 11.0 Å². The van der Waals surface area contributed by atoms with Crippen LogP contribution in [-0.4, -0.2) is 38.4 Å². The first-order valence-electron chi connectivity index (χ1n) is 16.1. The van der Waals surface area contributed by atoms with Crippen molar-refractivity contribution in [3.8, 4) is 0 Å². The van der Waals surface area contributed by atoms with E-state index in [4.69, 9.17) is 4.98 Å². The van der Waals surface area contributed by atoms with Crippen LogP contribution in [0.4, 0.5) is 0 Å². The van der Waals surface area contributed by atoms with E-state index >= 15 is 0 Å². The maximum absolute atomic E-state index is 13.6. The number of pyridine rings is 1. The van der Waals surface area contributed by atoms with E-state index in [-0.39, 0.29) is 11.3 Å². The third-order valence-corrected chi connectivity index (χ3v) is 11.3. The van der Waals surface area contributed by atoms with E-state index in [0.29, 0.717) is 6.04 Å². The quantitative estimate of drug-likeness (QED) is 0.240. The summed E-state index contributed by atoms with van der Waals surface area (Å²) in [6, 6.07) is 22.4. The molecule has 1 aliphatic heterocycles. The van der Waals surface area contributed by atoms with Gasteiger partial charge in [-0.2, -0.15) is 0 Å². The number of carbonyl (C=O) groups excluding carboxylic acids is 1. The number of carbonyl (C=O) groups is 1. The van der Waals surface area contributed by atoms with Crippen LogP contribution >= 0.6 is 0 Å². The van der Waals surface area contributed by atoms with Crippen LogP contribution < -0.4 is 0 Å². The summed E-state index contributed by atoms with van der Waals surface area (Å²) in [6.45, 7) is 7.80. The van der Waals surface area contributed by atoms with E-state index in [0.717, 1.165) is 66.0 Å². The van der Waals surface area contributed by atoms with Gasteiger partial charge in [0.15, 0.2) is 0 Å². The zero-order valence-corrected chi connectivity index (χ0v) is 25.4. The molecule has 218 valence electrons. The molecule has 3 heterocycles. The summed E-state index contributed by atoms with van der Waals surface area (Å²) in [6.07, 6.45) is 11.7. The molecule has 0 radical (unpaired) electrons. The molecule has 2 atom stereocenters. The summed E-state index contributed by atoms with van der Waals surface area (Å²) < 4.78 is 2.56. The molecule has 2 aromatic heterocycles. The van der Waals surface area contributed by atoms with Gasteiger partial charge in [0.1, 0.15) is 5.82 Å². The lowest BCUT2D eigenvalue weighted by Crippen LogP contribution is -2.46. The Balaban J connectivity index is 1.07. The average molecular weight is 561 g/mol. The van der Waals surface area contributed by atoms with Gasteiger partial charge < -0.3 is 9.47 Å². The van der Waals surface area contributed by atoms with Gasteiger partial charge in [0.25, 0.3) is 5.91 Å². The monoisotopic (exact) mass is 560 g/mol. The highest BCUT2D eigenvalue weighted by Gasteiger charge is 2.45. The number of imidazole rings is 1. The normalized spacial score (nSPS) is 25.2. The number of piperidine rings is 1. The molecular weight excluding hydrogens is 516 g/mol. The maximum atomic E-state index is 13.6. The molecule has 3 aliphatic rings. The summed E-state index contributed by atoms with van der Waals surface area (Å²) in [5.41, 5.74) is 6.70. The lowest BCUT2D eigenvalue weighted by atomic mass is 9.66. The molecule has 5 heteroatoms. The minimum atomic E-state index is 0.143. The number of hydrogen-bond acceptors (Lipinski definition) is 3. The number of likely N-dealkylation sites (tertiary alicyclic amines) is 1. The third kappa shape index (κ3) is 4.75. The highest BCUT2D eigenvalue weighted by atomic mass is 16.2. The second-order valence-electron chi connectivity index (χ2n) is 13.5. The number of benzene rings is 2. The number of hydrogen-bond donors (Lipinski definition) is 0. The molecular formula is C37H44N4O. The van der Waals surface area contributed by atoms with Crippen LogP contribution in [0.1, 0.15) is 90.4 Å². The van der Waals surface area contributed by atoms with Crippen LogP contribution in [0.2, 0.25) is 0 Å². The molecule has 42 heavy (non-hydrogen) atoms. The van der Waals surface area contributed by atoms with Gasteiger partial charge in [-0.15, -0.1) is 0 Å². The first-order chi connectivity index (χ1) is 20.4. The van der Waals surface area contributed by atoms with E-state index in [1.807, 2.05) is 19.9 Å². The van der Waals surface area contributed by atoms with Crippen molar-refractivity contribution >= 4 is 16.9 Å². The smallest absolute Gasteiger partial charge is 0.255 e. The molecule has 0 spiro atoms. The number of nitrogens with zero attached hydrogens (tertiary/aromatic N) is 4. The van der Waals surface area contributed by atoms with Crippen molar-refractivity contribution in [2.75, 3.05) is 13.1 Å². The molecule has 1 saturated heterocycles. The van der Waals surface area contributed by atoms with Crippen molar-refractivity contribution in [1.82, 2.24) is 19.4 Å². The van der Waals surface area contributed by atoms with Crippen molar-refractivity contribution in [3.63, 3.8) is 0 Å². The number of amides is 1. The summed E-state index contributed by atoms with van der Waals surface area (Å²) in [5.74, 6) is 3.75. The summed E-state index contributed by atoms with van der Waals surface area (Å²) in [5, 5.41) is 0. The standard InChI is InChI=1S/C37H44N4O/c1-25-16-20-38-26(2)35(25)36(42)40-21-18-37(19-22-40,30-9-5-4-6-10-30)17-15-32-28-13-14-29(32)24-31(23-28)41-27(3)39-33-11-7-8-12-34(33)41/h4-12,16,20,28-29,31-32H,13-15,17-19,21-24H2,1-3H3. The predicted octanol–water partition coefficient (Wildman–Crippen LogP) is 7.99. The van der Waals surface area contributed by atoms with Gasteiger partial charge in [-0.05, 0) is 125 Å². The zero-order chi connectivity index (χ0) is 28.8. The lowest BCUT2D eigenvalue weighted by Gasteiger charge is -2.44. The van der Waals surface area contributed by atoms with Gasteiger partial charge in [-0.25, -0.2) is 4.98 Å². The Morgan fingerprint density at radius 1 is 0.905 bits per heavy atom. The summed E-state index contributed by atoms with van der Waals surface area (Å²) in [7, 11) is 0. The van der Waals surface area contributed by atoms with Gasteiger partial charge in [0, 0.05) is 25.3 Å². The minimum Gasteiger partial charge on any atom is -0.339 e. The largest absolute Gasteiger partial charge is 0.339 e. The minimum absolute atomic E-state index is 0.143. The first-order valence-corrected chi connectivity index (χ1v) is 16.1.